The van der Waals surface area contributed by atoms with E-state index in [4.69, 9.17) is 15.2 Å². The molecule has 0 aliphatic heterocycles. The quantitative estimate of drug-likeness (QED) is 0.879. The summed E-state index contributed by atoms with van der Waals surface area (Å²) in [4.78, 5) is 0. The van der Waals surface area contributed by atoms with E-state index in [1.807, 2.05) is 13.8 Å². The summed E-state index contributed by atoms with van der Waals surface area (Å²) < 4.78 is 24.9. The molecule has 96 valence electrons. The van der Waals surface area contributed by atoms with Crippen molar-refractivity contribution in [2.24, 2.45) is 5.73 Å². The second kappa shape index (κ2) is 6.93. The van der Waals surface area contributed by atoms with Crippen molar-refractivity contribution in [3.05, 3.63) is 28.0 Å². The maximum Gasteiger partial charge on any atom is 0.179 e. The SMILES string of the molecule is CCOCC(C)Oc1ccc(CN)c(Br)c1F. The molecule has 1 atom stereocenters. The van der Waals surface area contributed by atoms with Crippen molar-refractivity contribution in [1.82, 2.24) is 0 Å². The standard InChI is InChI=1S/C12H17BrFNO2/c1-3-16-7-8(2)17-10-5-4-9(6-15)11(13)12(10)14/h4-5,8H,3,6-7,15H2,1-2H3. The fraction of sp³-hybridized carbons (Fsp3) is 0.500. The Morgan fingerprint density at radius 2 is 2.18 bits per heavy atom. The monoisotopic (exact) mass is 305 g/mol. The first-order valence-electron chi connectivity index (χ1n) is 5.51. The smallest absolute Gasteiger partial charge is 0.179 e. The summed E-state index contributed by atoms with van der Waals surface area (Å²) in [6, 6.07) is 3.33. The molecular weight excluding hydrogens is 289 g/mol. The van der Waals surface area contributed by atoms with Crippen LogP contribution in [0.15, 0.2) is 16.6 Å². The predicted molar refractivity (Wildman–Crippen MR) is 68.6 cm³/mol. The zero-order valence-electron chi connectivity index (χ0n) is 10.0. The van der Waals surface area contributed by atoms with Crippen LogP contribution < -0.4 is 10.5 Å². The summed E-state index contributed by atoms with van der Waals surface area (Å²) in [5, 5.41) is 0. The van der Waals surface area contributed by atoms with Crippen molar-refractivity contribution in [3.8, 4) is 5.75 Å². The molecule has 17 heavy (non-hydrogen) atoms. The largest absolute Gasteiger partial charge is 0.485 e. The molecule has 0 bridgehead atoms. The van der Waals surface area contributed by atoms with Gasteiger partial charge in [0.05, 0.1) is 11.1 Å². The molecule has 1 unspecified atom stereocenters. The van der Waals surface area contributed by atoms with Gasteiger partial charge in [-0.2, -0.15) is 0 Å². The lowest BCUT2D eigenvalue weighted by Gasteiger charge is -2.16. The van der Waals surface area contributed by atoms with Crippen LogP contribution in [0.25, 0.3) is 0 Å². The Balaban J connectivity index is 2.75. The Hall–Kier alpha value is -0.650. The van der Waals surface area contributed by atoms with E-state index in [1.165, 1.54) is 0 Å². The molecular formula is C12H17BrFNO2. The highest BCUT2D eigenvalue weighted by molar-refractivity contribution is 9.10. The zero-order valence-corrected chi connectivity index (χ0v) is 11.6. The van der Waals surface area contributed by atoms with Crippen LogP contribution in [0.1, 0.15) is 19.4 Å². The molecule has 0 radical (unpaired) electrons. The first kappa shape index (κ1) is 14.4. The number of hydrogen-bond acceptors (Lipinski definition) is 3. The van der Waals surface area contributed by atoms with Gasteiger partial charge in [0.15, 0.2) is 11.6 Å². The Morgan fingerprint density at radius 3 is 2.76 bits per heavy atom. The molecule has 0 amide bonds. The molecule has 0 saturated carbocycles. The molecule has 0 heterocycles. The summed E-state index contributed by atoms with van der Waals surface area (Å²) in [6.07, 6.45) is -0.194. The normalized spacial score (nSPS) is 12.5. The van der Waals surface area contributed by atoms with Gasteiger partial charge in [-0.3, -0.25) is 0 Å². The summed E-state index contributed by atoms with van der Waals surface area (Å²) in [6.45, 7) is 5.07. The van der Waals surface area contributed by atoms with Gasteiger partial charge < -0.3 is 15.2 Å². The number of hydrogen-bond donors (Lipinski definition) is 1. The van der Waals surface area contributed by atoms with Crippen LogP contribution in [0.2, 0.25) is 0 Å². The summed E-state index contributed by atoms with van der Waals surface area (Å²) in [5.41, 5.74) is 6.19. The predicted octanol–water partition coefficient (Wildman–Crippen LogP) is 2.85. The lowest BCUT2D eigenvalue weighted by molar-refractivity contribution is 0.0636. The van der Waals surface area contributed by atoms with Crippen LogP contribution in [-0.4, -0.2) is 19.3 Å². The highest BCUT2D eigenvalue weighted by atomic mass is 79.9. The number of benzene rings is 1. The average molecular weight is 306 g/mol. The number of nitrogens with two attached hydrogens (primary N) is 1. The van der Waals surface area contributed by atoms with Gasteiger partial charge in [0.1, 0.15) is 6.10 Å². The van der Waals surface area contributed by atoms with E-state index >= 15 is 0 Å². The Kier molecular flexibility index (Phi) is 5.88. The van der Waals surface area contributed by atoms with Crippen molar-refractivity contribution in [1.29, 1.82) is 0 Å². The van der Waals surface area contributed by atoms with Gasteiger partial charge in [0, 0.05) is 13.2 Å². The molecule has 3 nitrogen and oxygen atoms in total. The summed E-state index contributed by atoms with van der Waals surface area (Å²) in [7, 11) is 0. The van der Waals surface area contributed by atoms with E-state index in [2.05, 4.69) is 15.9 Å². The Labute approximate surface area is 109 Å². The zero-order chi connectivity index (χ0) is 12.8. The van der Waals surface area contributed by atoms with E-state index in [1.54, 1.807) is 12.1 Å². The summed E-state index contributed by atoms with van der Waals surface area (Å²) in [5.74, 6) is -0.211. The molecule has 0 fully saturated rings. The third-order valence-electron chi connectivity index (χ3n) is 2.23. The average Bonchev–Trinajstić information content (AvgIpc) is 2.33. The van der Waals surface area contributed by atoms with Crippen LogP contribution in [0, 0.1) is 5.82 Å². The molecule has 0 saturated heterocycles. The molecule has 0 spiro atoms. The topological polar surface area (TPSA) is 44.5 Å². The summed E-state index contributed by atoms with van der Waals surface area (Å²) >= 11 is 3.17. The first-order chi connectivity index (χ1) is 8.10. The van der Waals surface area contributed by atoms with Crippen LogP contribution in [0.4, 0.5) is 4.39 Å². The third kappa shape index (κ3) is 3.94. The van der Waals surface area contributed by atoms with Crippen molar-refractivity contribution in [3.63, 3.8) is 0 Å². The molecule has 0 aromatic heterocycles. The van der Waals surface area contributed by atoms with Crippen LogP contribution >= 0.6 is 15.9 Å². The minimum Gasteiger partial charge on any atom is -0.485 e. The van der Waals surface area contributed by atoms with E-state index in [0.717, 1.165) is 0 Å². The van der Waals surface area contributed by atoms with E-state index in [9.17, 15) is 4.39 Å². The molecule has 0 aliphatic rings. The van der Waals surface area contributed by atoms with Crippen LogP contribution in [0.3, 0.4) is 0 Å². The van der Waals surface area contributed by atoms with Gasteiger partial charge >= 0.3 is 0 Å². The Morgan fingerprint density at radius 1 is 1.47 bits per heavy atom. The van der Waals surface area contributed by atoms with Gasteiger partial charge in [0.25, 0.3) is 0 Å². The molecule has 0 aliphatic carbocycles. The number of ether oxygens (including phenoxy) is 2. The lowest BCUT2D eigenvalue weighted by atomic mass is 10.2. The lowest BCUT2D eigenvalue weighted by Crippen LogP contribution is -2.19. The van der Waals surface area contributed by atoms with Crippen molar-refractivity contribution >= 4 is 15.9 Å². The minimum atomic E-state index is -0.420. The molecule has 1 aromatic carbocycles. The van der Waals surface area contributed by atoms with Crippen molar-refractivity contribution < 1.29 is 13.9 Å². The van der Waals surface area contributed by atoms with Crippen molar-refractivity contribution in [2.45, 2.75) is 26.5 Å². The third-order valence-corrected chi connectivity index (χ3v) is 3.09. The van der Waals surface area contributed by atoms with E-state index < -0.39 is 5.82 Å². The molecule has 1 rings (SSSR count). The maximum atomic E-state index is 13.9. The second-order valence-corrected chi connectivity index (χ2v) is 4.44. The number of rotatable bonds is 6. The first-order valence-corrected chi connectivity index (χ1v) is 6.30. The second-order valence-electron chi connectivity index (χ2n) is 3.64. The van der Waals surface area contributed by atoms with Gasteiger partial charge in [-0.25, -0.2) is 4.39 Å². The van der Waals surface area contributed by atoms with E-state index in [0.29, 0.717) is 23.2 Å². The Bertz CT molecular complexity index is 374. The highest BCUT2D eigenvalue weighted by Gasteiger charge is 2.13. The fourth-order valence-corrected chi connectivity index (χ4v) is 1.84. The van der Waals surface area contributed by atoms with Gasteiger partial charge in [-0.15, -0.1) is 0 Å². The highest BCUT2D eigenvalue weighted by Crippen LogP contribution is 2.29. The molecule has 1 aromatic rings. The van der Waals surface area contributed by atoms with Gasteiger partial charge in [-0.1, -0.05) is 6.07 Å². The van der Waals surface area contributed by atoms with Crippen molar-refractivity contribution in [2.75, 3.05) is 13.2 Å². The van der Waals surface area contributed by atoms with Crippen LogP contribution in [-0.2, 0) is 11.3 Å². The van der Waals surface area contributed by atoms with E-state index in [-0.39, 0.29) is 18.4 Å². The fourth-order valence-electron chi connectivity index (χ4n) is 1.35. The minimum absolute atomic E-state index is 0.194. The van der Waals surface area contributed by atoms with Gasteiger partial charge in [-0.05, 0) is 41.4 Å². The molecule has 5 heteroatoms. The molecule has 2 N–H and O–H groups in total. The maximum absolute atomic E-state index is 13.9. The van der Waals surface area contributed by atoms with Gasteiger partial charge in [0.2, 0.25) is 0 Å². The number of halogens is 2. The van der Waals surface area contributed by atoms with Crippen LogP contribution in [0.5, 0.6) is 5.75 Å².